The van der Waals surface area contributed by atoms with Crippen LogP contribution in [0, 0.1) is 10.1 Å². The van der Waals surface area contributed by atoms with Gasteiger partial charge in [0, 0.05) is 18.7 Å². The molecular weight excluding hydrogens is 328 g/mol. The van der Waals surface area contributed by atoms with Crippen LogP contribution in [0.25, 0.3) is 0 Å². The quantitative estimate of drug-likeness (QED) is 0.583. The van der Waals surface area contributed by atoms with Gasteiger partial charge in [0.1, 0.15) is 0 Å². The van der Waals surface area contributed by atoms with Gasteiger partial charge in [-0.15, -0.1) is 12.4 Å². The summed E-state index contributed by atoms with van der Waals surface area (Å²) in [5.74, 6) is 0. The number of rotatable bonds is 8. The summed E-state index contributed by atoms with van der Waals surface area (Å²) in [6, 6.07) is 16.3. The van der Waals surface area contributed by atoms with Gasteiger partial charge >= 0.3 is 0 Å². The van der Waals surface area contributed by atoms with Crippen LogP contribution in [0.2, 0.25) is 0 Å². The zero-order valence-electron chi connectivity index (χ0n) is 13.7. The summed E-state index contributed by atoms with van der Waals surface area (Å²) >= 11 is 0. The second-order valence-electron chi connectivity index (χ2n) is 5.72. The first-order chi connectivity index (χ1) is 11.1. The van der Waals surface area contributed by atoms with E-state index in [-0.39, 0.29) is 23.0 Å². The average molecular weight is 351 g/mol. The lowest BCUT2D eigenvalue weighted by atomic mass is 10.1. The van der Waals surface area contributed by atoms with Crippen LogP contribution in [0.5, 0.6) is 0 Å². The highest BCUT2D eigenvalue weighted by atomic mass is 35.5. The summed E-state index contributed by atoms with van der Waals surface area (Å²) in [7, 11) is 1.99. The molecule has 24 heavy (non-hydrogen) atoms. The Kier molecular flexibility index (Phi) is 8.40. The minimum Gasteiger partial charge on any atom is -0.387 e. The molecule has 0 aliphatic carbocycles. The molecule has 1 atom stereocenters. The van der Waals surface area contributed by atoms with Crippen LogP contribution in [-0.2, 0) is 6.42 Å². The molecule has 0 radical (unpaired) electrons. The molecule has 0 heterocycles. The molecule has 0 saturated carbocycles. The molecule has 1 N–H and O–H groups in total. The maximum atomic E-state index is 10.6. The highest BCUT2D eigenvalue weighted by Crippen LogP contribution is 2.15. The van der Waals surface area contributed by atoms with Gasteiger partial charge in [0.25, 0.3) is 5.69 Å². The van der Waals surface area contributed by atoms with Gasteiger partial charge < -0.3 is 10.0 Å². The molecule has 0 bridgehead atoms. The molecule has 130 valence electrons. The summed E-state index contributed by atoms with van der Waals surface area (Å²) in [4.78, 5) is 12.3. The van der Waals surface area contributed by atoms with Crippen LogP contribution in [0.3, 0.4) is 0 Å². The summed E-state index contributed by atoms with van der Waals surface area (Å²) in [5.41, 5.74) is 2.14. The highest BCUT2D eigenvalue weighted by Gasteiger charge is 2.10. The smallest absolute Gasteiger partial charge is 0.269 e. The minimum absolute atomic E-state index is 0. The Labute approximate surface area is 148 Å². The summed E-state index contributed by atoms with van der Waals surface area (Å²) in [6.07, 6.45) is 1.32. The fraction of sp³-hybridized carbons (Fsp3) is 0.333. The number of hydrogen-bond donors (Lipinski definition) is 1. The van der Waals surface area contributed by atoms with E-state index in [1.54, 1.807) is 12.1 Å². The lowest BCUT2D eigenvalue weighted by Gasteiger charge is -2.20. The van der Waals surface area contributed by atoms with Crippen molar-refractivity contribution in [3.05, 3.63) is 75.8 Å². The number of aliphatic hydroxyl groups excluding tert-OH is 1. The second kappa shape index (κ2) is 10.0. The number of aliphatic hydroxyl groups is 1. The number of nitro groups is 1. The largest absolute Gasteiger partial charge is 0.387 e. The third-order valence-electron chi connectivity index (χ3n) is 3.82. The number of benzene rings is 2. The number of non-ortho nitro benzene ring substituents is 1. The normalized spacial score (nSPS) is 11.8. The average Bonchev–Trinajstić information content (AvgIpc) is 2.56. The van der Waals surface area contributed by atoms with Crippen LogP contribution >= 0.6 is 12.4 Å². The van der Waals surface area contributed by atoms with Gasteiger partial charge in [0.05, 0.1) is 11.0 Å². The molecule has 5 nitrogen and oxygen atoms in total. The van der Waals surface area contributed by atoms with Crippen LogP contribution in [0.15, 0.2) is 54.6 Å². The highest BCUT2D eigenvalue weighted by molar-refractivity contribution is 5.85. The standard InChI is InChI=1S/C18H22N2O3.ClH/c1-19(14-18(21)16-7-3-2-4-8-16)13-5-6-15-9-11-17(12-10-15)20(22)23;/h2-4,7-12,18,21H,5-6,13-14H2,1H3;1H. The predicted molar refractivity (Wildman–Crippen MR) is 97.6 cm³/mol. The maximum Gasteiger partial charge on any atom is 0.269 e. The molecule has 1 unspecified atom stereocenters. The number of hydrogen-bond acceptors (Lipinski definition) is 4. The van der Waals surface area contributed by atoms with Crippen molar-refractivity contribution in [2.75, 3.05) is 20.1 Å². The first kappa shape index (κ1) is 20.1. The molecule has 0 aliphatic heterocycles. The van der Waals surface area contributed by atoms with Crippen molar-refractivity contribution in [1.82, 2.24) is 4.90 Å². The van der Waals surface area contributed by atoms with Gasteiger partial charge in [-0.3, -0.25) is 10.1 Å². The zero-order valence-corrected chi connectivity index (χ0v) is 14.5. The first-order valence-electron chi connectivity index (χ1n) is 7.71. The van der Waals surface area contributed by atoms with E-state index in [0.29, 0.717) is 6.54 Å². The van der Waals surface area contributed by atoms with Crippen molar-refractivity contribution in [3.8, 4) is 0 Å². The number of aryl methyl sites for hydroxylation is 1. The number of likely N-dealkylation sites (N-methyl/N-ethyl adjacent to an activating group) is 1. The fourth-order valence-corrected chi connectivity index (χ4v) is 2.50. The Morgan fingerprint density at radius 2 is 1.75 bits per heavy atom. The summed E-state index contributed by atoms with van der Waals surface area (Å²) in [5, 5.41) is 20.8. The van der Waals surface area contributed by atoms with Crippen molar-refractivity contribution < 1.29 is 10.0 Å². The van der Waals surface area contributed by atoms with E-state index in [4.69, 9.17) is 0 Å². The maximum absolute atomic E-state index is 10.6. The molecule has 2 rings (SSSR count). The van der Waals surface area contributed by atoms with E-state index in [2.05, 4.69) is 4.90 Å². The third kappa shape index (κ3) is 6.28. The SMILES string of the molecule is CN(CCCc1ccc([N+](=O)[O-])cc1)CC(O)c1ccccc1.Cl. The number of nitrogens with zero attached hydrogens (tertiary/aromatic N) is 2. The van der Waals surface area contributed by atoms with Crippen molar-refractivity contribution in [3.63, 3.8) is 0 Å². The van der Waals surface area contributed by atoms with Crippen LogP contribution in [-0.4, -0.2) is 35.1 Å². The molecule has 0 amide bonds. The van der Waals surface area contributed by atoms with Crippen LogP contribution in [0.4, 0.5) is 5.69 Å². The Hall–Kier alpha value is -1.95. The van der Waals surface area contributed by atoms with Gasteiger partial charge in [0.2, 0.25) is 0 Å². The summed E-state index contributed by atoms with van der Waals surface area (Å²) < 4.78 is 0. The molecule has 0 aromatic heterocycles. The molecule has 0 fully saturated rings. The fourth-order valence-electron chi connectivity index (χ4n) is 2.50. The Morgan fingerprint density at radius 3 is 2.33 bits per heavy atom. The molecular formula is C18H23ClN2O3. The van der Waals surface area contributed by atoms with E-state index in [1.165, 1.54) is 12.1 Å². The number of nitro benzene ring substituents is 1. The van der Waals surface area contributed by atoms with E-state index < -0.39 is 6.10 Å². The molecule has 0 aliphatic rings. The molecule has 2 aromatic rings. The number of halogens is 1. The van der Waals surface area contributed by atoms with E-state index in [1.807, 2.05) is 37.4 Å². The van der Waals surface area contributed by atoms with E-state index in [9.17, 15) is 15.2 Å². The zero-order chi connectivity index (χ0) is 16.7. The minimum atomic E-state index is -0.486. The lowest BCUT2D eigenvalue weighted by Crippen LogP contribution is -2.26. The van der Waals surface area contributed by atoms with E-state index >= 15 is 0 Å². The Bertz CT molecular complexity index is 620. The van der Waals surface area contributed by atoms with Gasteiger partial charge in [-0.1, -0.05) is 42.5 Å². The van der Waals surface area contributed by atoms with Gasteiger partial charge in [0.15, 0.2) is 0 Å². The van der Waals surface area contributed by atoms with Gasteiger partial charge in [-0.05, 0) is 37.6 Å². The first-order valence-corrected chi connectivity index (χ1v) is 7.71. The van der Waals surface area contributed by atoms with E-state index in [0.717, 1.165) is 30.5 Å². The Morgan fingerprint density at radius 1 is 1.12 bits per heavy atom. The summed E-state index contributed by atoms with van der Waals surface area (Å²) in [6.45, 7) is 1.45. The Balaban J connectivity index is 0.00000288. The van der Waals surface area contributed by atoms with Gasteiger partial charge in [-0.2, -0.15) is 0 Å². The predicted octanol–water partition coefficient (Wildman–Crippen LogP) is 3.61. The third-order valence-corrected chi connectivity index (χ3v) is 3.82. The molecule has 2 aromatic carbocycles. The van der Waals surface area contributed by atoms with Crippen molar-refractivity contribution in [1.29, 1.82) is 0 Å². The molecule has 0 saturated heterocycles. The van der Waals surface area contributed by atoms with Crippen LogP contribution < -0.4 is 0 Å². The lowest BCUT2D eigenvalue weighted by molar-refractivity contribution is -0.384. The van der Waals surface area contributed by atoms with Crippen LogP contribution in [0.1, 0.15) is 23.7 Å². The topological polar surface area (TPSA) is 66.6 Å². The van der Waals surface area contributed by atoms with Crippen molar-refractivity contribution in [2.45, 2.75) is 18.9 Å². The monoisotopic (exact) mass is 350 g/mol. The van der Waals surface area contributed by atoms with Crippen molar-refractivity contribution in [2.24, 2.45) is 0 Å². The molecule has 6 heteroatoms. The van der Waals surface area contributed by atoms with Gasteiger partial charge in [-0.25, -0.2) is 0 Å². The van der Waals surface area contributed by atoms with Crippen molar-refractivity contribution >= 4 is 18.1 Å². The second-order valence-corrected chi connectivity index (χ2v) is 5.72. The molecule has 0 spiro atoms.